The lowest BCUT2D eigenvalue weighted by Gasteiger charge is -2.38. The fourth-order valence-electron chi connectivity index (χ4n) is 5.43. The lowest BCUT2D eigenvalue weighted by atomic mass is 9.70. The Morgan fingerprint density at radius 3 is 2.50 bits per heavy atom. The Kier molecular flexibility index (Phi) is 6.01. The second kappa shape index (κ2) is 7.86. The van der Waals surface area contributed by atoms with Crippen molar-refractivity contribution < 1.29 is 19.5 Å². The second-order valence-electron chi connectivity index (χ2n) is 9.04. The summed E-state index contributed by atoms with van der Waals surface area (Å²) in [5, 5.41) is 15.8. The molecule has 0 saturated carbocycles. The van der Waals surface area contributed by atoms with Crippen molar-refractivity contribution in [1.29, 1.82) is 0 Å². The van der Waals surface area contributed by atoms with E-state index in [2.05, 4.69) is 10.6 Å². The van der Waals surface area contributed by atoms with E-state index >= 15 is 0 Å². The predicted octanol–water partition coefficient (Wildman–Crippen LogP) is 0.755. The monoisotopic (exact) mass is 411 g/mol. The molecule has 0 aliphatic carbocycles. The number of nitrogens with zero attached hydrogens (tertiary/aromatic N) is 1. The molecular formula is C20H33N3O4S. The van der Waals surface area contributed by atoms with Gasteiger partial charge in [-0.3, -0.25) is 14.4 Å². The van der Waals surface area contributed by atoms with Gasteiger partial charge >= 0.3 is 0 Å². The number of carbonyl (C=O) groups excluding carboxylic acids is 3. The Morgan fingerprint density at radius 1 is 1.29 bits per heavy atom. The molecule has 28 heavy (non-hydrogen) atoms. The number of nitrogens with one attached hydrogen (secondary N) is 2. The number of thioether (sulfide) groups is 1. The van der Waals surface area contributed by atoms with Gasteiger partial charge in [0.05, 0.1) is 29.2 Å². The number of likely N-dealkylation sites (tertiary alicyclic amines) is 1. The van der Waals surface area contributed by atoms with Gasteiger partial charge in [-0.2, -0.15) is 0 Å². The Bertz CT molecular complexity index is 655. The molecule has 6 atom stereocenters. The van der Waals surface area contributed by atoms with E-state index in [9.17, 15) is 19.5 Å². The molecule has 158 valence electrons. The molecule has 1 spiro atoms. The van der Waals surface area contributed by atoms with Gasteiger partial charge in [0.25, 0.3) is 0 Å². The third kappa shape index (κ3) is 3.22. The molecule has 0 aromatic heterocycles. The summed E-state index contributed by atoms with van der Waals surface area (Å²) in [6.45, 7) is 7.70. The van der Waals surface area contributed by atoms with Crippen LogP contribution < -0.4 is 10.6 Å². The third-order valence-corrected chi connectivity index (χ3v) is 8.27. The molecular weight excluding hydrogens is 378 g/mol. The Labute approximate surface area is 171 Å². The van der Waals surface area contributed by atoms with Crippen LogP contribution in [0.1, 0.15) is 47.0 Å². The van der Waals surface area contributed by atoms with E-state index in [0.717, 1.165) is 12.8 Å². The van der Waals surface area contributed by atoms with Gasteiger partial charge in [-0.15, -0.1) is 11.8 Å². The van der Waals surface area contributed by atoms with Crippen LogP contribution in [0.25, 0.3) is 0 Å². The lowest BCUT2D eigenvalue weighted by Crippen LogP contribution is -2.57. The molecule has 0 aromatic rings. The minimum atomic E-state index is -0.645. The maximum absolute atomic E-state index is 13.6. The van der Waals surface area contributed by atoms with Gasteiger partial charge in [0.1, 0.15) is 6.04 Å². The first-order valence-corrected chi connectivity index (χ1v) is 11.2. The third-order valence-electron chi connectivity index (χ3n) is 6.31. The van der Waals surface area contributed by atoms with Crippen molar-refractivity contribution in [2.75, 3.05) is 13.7 Å². The molecule has 2 unspecified atom stereocenters. The number of carbonyl (C=O) groups is 3. The van der Waals surface area contributed by atoms with Crippen LogP contribution >= 0.6 is 11.8 Å². The molecule has 7 nitrogen and oxygen atoms in total. The maximum Gasteiger partial charge on any atom is 0.244 e. The Balaban J connectivity index is 2.05. The van der Waals surface area contributed by atoms with Gasteiger partial charge < -0.3 is 20.6 Å². The Hall–Kier alpha value is -1.28. The summed E-state index contributed by atoms with van der Waals surface area (Å²) in [7, 11) is 1.60. The normalized spacial score (nSPS) is 34.9. The van der Waals surface area contributed by atoms with E-state index < -0.39 is 28.7 Å². The second-order valence-corrected chi connectivity index (χ2v) is 10.6. The van der Waals surface area contributed by atoms with Crippen molar-refractivity contribution in [2.24, 2.45) is 17.8 Å². The van der Waals surface area contributed by atoms with Crippen molar-refractivity contribution in [2.45, 2.75) is 75.1 Å². The summed E-state index contributed by atoms with van der Waals surface area (Å²) in [6.07, 6.45) is 2.20. The Morgan fingerprint density at radius 2 is 1.96 bits per heavy atom. The number of rotatable bonds is 7. The van der Waals surface area contributed by atoms with Crippen molar-refractivity contribution in [3.8, 4) is 0 Å². The van der Waals surface area contributed by atoms with Gasteiger partial charge in [-0.25, -0.2) is 0 Å². The number of fused-ring (bicyclic) bond motifs is 1. The number of aliphatic hydroxyl groups is 1. The first-order valence-electron chi connectivity index (χ1n) is 10.3. The highest BCUT2D eigenvalue weighted by Gasteiger charge is 2.74. The first-order chi connectivity index (χ1) is 13.2. The van der Waals surface area contributed by atoms with Gasteiger partial charge in [0.15, 0.2) is 0 Å². The number of hydrogen-bond acceptors (Lipinski definition) is 5. The van der Waals surface area contributed by atoms with Crippen LogP contribution in [0.2, 0.25) is 0 Å². The number of hydrogen-bond donors (Lipinski definition) is 3. The van der Waals surface area contributed by atoms with Crippen LogP contribution in [0.5, 0.6) is 0 Å². The fourth-order valence-corrected chi connectivity index (χ4v) is 7.64. The summed E-state index contributed by atoms with van der Waals surface area (Å²) < 4.78 is -0.581. The highest BCUT2D eigenvalue weighted by Crippen LogP contribution is 2.66. The van der Waals surface area contributed by atoms with Gasteiger partial charge in [-0.1, -0.05) is 13.8 Å². The van der Waals surface area contributed by atoms with Crippen molar-refractivity contribution in [3.63, 3.8) is 0 Å². The molecule has 0 aromatic carbocycles. The van der Waals surface area contributed by atoms with Crippen LogP contribution in [-0.2, 0) is 14.4 Å². The summed E-state index contributed by atoms with van der Waals surface area (Å²) >= 11 is 1.65. The number of aliphatic hydroxyl groups excluding tert-OH is 1. The van der Waals surface area contributed by atoms with Crippen LogP contribution in [0.3, 0.4) is 0 Å². The van der Waals surface area contributed by atoms with E-state index in [1.165, 1.54) is 0 Å². The van der Waals surface area contributed by atoms with E-state index in [1.54, 1.807) is 23.7 Å². The molecule has 3 fully saturated rings. The molecule has 3 aliphatic heterocycles. The first kappa shape index (κ1) is 21.4. The summed E-state index contributed by atoms with van der Waals surface area (Å²) in [5.41, 5.74) is 0. The minimum absolute atomic E-state index is 0.0454. The van der Waals surface area contributed by atoms with E-state index in [-0.39, 0.29) is 41.5 Å². The molecule has 3 aliphatic rings. The number of amides is 3. The SMILES string of the molecule is CNC(=O)[C@@H]1[C@@H]2CCC3(S2)C(C(=O)NC(C)C)N([C@@H](CO)CC(C)C)C(=O)[C@H]13. The molecule has 3 N–H and O–H groups in total. The highest BCUT2D eigenvalue weighted by molar-refractivity contribution is 8.02. The molecule has 3 saturated heterocycles. The predicted molar refractivity (Wildman–Crippen MR) is 109 cm³/mol. The van der Waals surface area contributed by atoms with E-state index in [4.69, 9.17) is 0 Å². The molecule has 3 amide bonds. The molecule has 0 radical (unpaired) electrons. The van der Waals surface area contributed by atoms with Gasteiger partial charge in [0.2, 0.25) is 17.7 Å². The van der Waals surface area contributed by atoms with Crippen molar-refractivity contribution in [1.82, 2.24) is 15.5 Å². The summed E-state index contributed by atoms with van der Waals surface area (Å²) in [4.78, 5) is 41.2. The summed E-state index contributed by atoms with van der Waals surface area (Å²) in [6, 6.07) is -1.11. The van der Waals surface area contributed by atoms with Gasteiger partial charge in [-0.05, 0) is 39.0 Å². The fraction of sp³-hybridized carbons (Fsp3) is 0.850. The minimum Gasteiger partial charge on any atom is -0.394 e. The van der Waals surface area contributed by atoms with Gasteiger partial charge in [0, 0.05) is 18.3 Å². The standard InChI is InChI=1S/C20H33N3O4S/c1-10(2)8-12(9-24)23-16(18(26)22-11(3)4)20-7-6-13(28-20)14(17(25)21-5)15(20)19(23)27/h10-16,24H,6-9H2,1-5H3,(H,21,25)(H,22,26)/t12-,13+,14-,15+,16?,20?/m1/s1. The molecule has 2 bridgehead atoms. The maximum atomic E-state index is 13.6. The van der Waals surface area contributed by atoms with Crippen molar-refractivity contribution in [3.05, 3.63) is 0 Å². The average molecular weight is 412 g/mol. The van der Waals surface area contributed by atoms with Crippen LogP contribution in [0.15, 0.2) is 0 Å². The zero-order chi connectivity index (χ0) is 20.8. The van der Waals surface area contributed by atoms with Crippen molar-refractivity contribution >= 4 is 29.5 Å². The van der Waals surface area contributed by atoms with E-state index in [0.29, 0.717) is 6.42 Å². The van der Waals surface area contributed by atoms with Crippen LogP contribution in [0, 0.1) is 17.8 Å². The van der Waals surface area contributed by atoms with Crippen LogP contribution in [0.4, 0.5) is 0 Å². The lowest BCUT2D eigenvalue weighted by molar-refractivity contribution is -0.143. The molecule has 8 heteroatoms. The molecule has 3 rings (SSSR count). The smallest absolute Gasteiger partial charge is 0.244 e. The van der Waals surface area contributed by atoms with E-state index in [1.807, 2.05) is 27.7 Å². The largest absolute Gasteiger partial charge is 0.394 e. The topological polar surface area (TPSA) is 98.7 Å². The average Bonchev–Trinajstić information content (AvgIpc) is 3.25. The quantitative estimate of drug-likeness (QED) is 0.574. The zero-order valence-electron chi connectivity index (χ0n) is 17.4. The summed E-state index contributed by atoms with van der Waals surface area (Å²) in [5.74, 6) is -1.07. The molecule has 3 heterocycles. The highest BCUT2D eigenvalue weighted by atomic mass is 32.2. The van der Waals surface area contributed by atoms with Crippen LogP contribution in [-0.4, -0.2) is 69.5 Å². The zero-order valence-corrected chi connectivity index (χ0v) is 18.2.